The predicted molar refractivity (Wildman–Crippen MR) is 110 cm³/mol. The van der Waals surface area contributed by atoms with E-state index in [1.54, 1.807) is 24.3 Å². The largest absolute Gasteiger partial charge is 0.394 e. The number of rotatable bonds is 7. The Kier molecular flexibility index (Phi) is 8.21. The third kappa shape index (κ3) is 6.81. The maximum absolute atomic E-state index is 12.9. The van der Waals surface area contributed by atoms with Crippen LogP contribution in [-0.2, 0) is 16.1 Å². The number of amides is 3. The molecule has 8 heteroatoms. The second-order valence-electron chi connectivity index (χ2n) is 7.87. The molecule has 2 aliphatic rings. The first-order valence-corrected chi connectivity index (χ1v) is 10.6. The minimum atomic E-state index is -0.623. The zero-order valence-electron chi connectivity index (χ0n) is 17.0. The number of aliphatic hydroxyl groups excluding tert-OH is 1. The number of carbonyl (C=O) groups is 2. The predicted octanol–water partition coefficient (Wildman–Crippen LogP) is 2.15. The van der Waals surface area contributed by atoms with Crippen molar-refractivity contribution >= 4 is 11.9 Å². The summed E-state index contributed by atoms with van der Waals surface area (Å²) in [6.45, 7) is 0.0247. The minimum Gasteiger partial charge on any atom is -0.394 e. The molecule has 30 heavy (non-hydrogen) atoms. The van der Waals surface area contributed by atoms with Gasteiger partial charge < -0.3 is 25.8 Å². The molecule has 1 heterocycles. The summed E-state index contributed by atoms with van der Waals surface area (Å²) < 4.78 is 18.7. The first-order valence-electron chi connectivity index (χ1n) is 10.6. The SMILES string of the molecule is O=C(C[C@H]1C=C[C@@H](NC(=O)NC2CCCCC2)[C@@H](CO)O1)NCc1ccc(F)cc1. The van der Waals surface area contributed by atoms with Crippen molar-refractivity contribution in [2.24, 2.45) is 0 Å². The lowest BCUT2D eigenvalue weighted by Gasteiger charge is -2.32. The maximum Gasteiger partial charge on any atom is 0.315 e. The normalized spacial score (nSPS) is 24.3. The number of nitrogens with one attached hydrogen (secondary N) is 3. The van der Waals surface area contributed by atoms with Gasteiger partial charge in [0.15, 0.2) is 0 Å². The van der Waals surface area contributed by atoms with Gasteiger partial charge in [0, 0.05) is 12.6 Å². The maximum atomic E-state index is 12.9. The molecular formula is C22H30FN3O4. The van der Waals surface area contributed by atoms with Gasteiger partial charge in [0.25, 0.3) is 0 Å². The number of halogens is 1. The lowest BCUT2D eigenvalue weighted by atomic mass is 9.96. The fourth-order valence-corrected chi connectivity index (χ4v) is 3.82. The van der Waals surface area contributed by atoms with Crippen molar-refractivity contribution in [2.45, 2.75) is 69.4 Å². The molecule has 1 aromatic rings. The molecule has 1 aromatic carbocycles. The Morgan fingerprint density at radius 1 is 1.07 bits per heavy atom. The summed E-state index contributed by atoms with van der Waals surface area (Å²) in [6.07, 6.45) is 7.92. The molecule has 1 fully saturated rings. The van der Waals surface area contributed by atoms with E-state index in [0.29, 0.717) is 6.54 Å². The standard InChI is InChI=1S/C22H30FN3O4/c23-16-8-6-15(7-9-16)13-24-21(28)12-18-10-11-19(20(14-27)30-18)26-22(29)25-17-4-2-1-3-5-17/h6-11,17-20,27H,1-5,12-14H2,(H,24,28)(H2,25,26,29)/t18-,19-,20-/m1/s1. The quantitative estimate of drug-likeness (QED) is 0.509. The van der Waals surface area contributed by atoms with Crippen molar-refractivity contribution in [3.05, 3.63) is 47.8 Å². The van der Waals surface area contributed by atoms with Crippen LogP contribution in [0.3, 0.4) is 0 Å². The number of aliphatic hydroxyl groups is 1. The summed E-state index contributed by atoms with van der Waals surface area (Å²) in [5, 5.41) is 18.3. The summed E-state index contributed by atoms with van der Waals surface area (Å²) >= 11 is 0. The van der Waals surface area contributed by atoms with Crippen molar-refractivity contribution in [3.8, 4) is 0 Å². The van der Waals surface area contributed by atoms with Crippen LogP contribution in [0.4, 0.5) is 9.18 Å². The molecule has 4 N–H and O–H groups in total. The van der Waals surface area contributed by atoms with Crippen LogP contribution in [0.2, 0.25) is 0 Å². The molecule has 0 bridgehead atoms. The first kappa shape index (κ1) is 22.2. The Morgan fingerprint density at radius 2 is 1.80 bits per heavy atom. The molecule has 3 amide bonds. The van der Waals surface area contributed by atoms with E-state index in [-0.39, 0.29) is 36.8 Å². The van der Waals surface area contributed by atoms with Gasteiger partial charge in [0.2, 0.25) is 5.91 Å². The highest BCUT2D eigenvalue weighted by Gasteiger charge is 2.29. The van der Waals surface area contributed by atoms with Crippen molar-refractivity contribution in [3.63, 3.8) is 0 Å². The van der Waals surface area contributed by atoms with Crippen LogP contribution in [0.5, 0.6) is 0 Å². The van der Waals surface area contributed by atoms with Crippen LogP contribution in [-0.4, -0.2) is 47.9 Å². The van der Waals surface area contributed by atoms with Crippen molar-refractivity contribution in [2.75, 3.05) is 6.61 Å². The molecule has 0 radical (unpaired) electrons. The smallest absolute Gasteiger partial charge is 0.315 e. The number of hydrogen-bond acceptors (Lipinski definition) is 4. The van der Waals surface area contributed by atoms with Gasteiger partial charge in [0.1, 0.15) is 11.9 Å². The average Bonchev–Trinajstić information content (AvgIpc) is 2.75. The van der Waals surface area contributed by atoms with Crippen LogP contribution in [0.25, 0.3) is 0 Å². The molecule has 3 rings (SSSR count). The van der Waals surface area contributed by atoms with E-state index in [1.165, 1.54) is 18.6 Å². The van der Waals surface area contributed by atoms with Gasteiger partial charge in [-0.05, 0) is 30.5 Å². The van der Waals surface area contributed by atoms with Crippen LogP contribution in [0.1, 0.15) is 44.1 Å². The average molecular weight is 419 g/mol. The second-order valence-corrected chi connectivity index (χ2v) is 7.87. The topological polar surface area (TPSA) is 99.7 Å². The highest BCUT2D eigenvalue weighted by atomic mass is 19.1. The van der Waals surface area contributed by atoms with Crippen molar-refractivity contribution < 1.29 is 23.8 Å². The lowest BCUT2D eigenvalue weighted by Crippen LogP contribution is -2.53. The Labute approximate surface area is 176 Å². The van der Waals surface area contributed by atoms with E-state index < -0.39 is 18.2 Å². The molecule has 3 atom stereocenters. The first-order chi connectivity index (χ1) is 14.5. The number of ether oxygens (including phenoxy) is 1. The number of urea groups is 1. The van der Waals surface area contributed by atoms with Gasteiger partial charge in [-0.3, -0.25) is 4.79 Å². The molecule has 0 unspecified atom stereocenters. The highest BCUT2D eigenvalue weighted by Crippen LogP contribution is 2.18. The molecule has 7 nitrogen and oxygen atoms in total. The van der Waals surface area contributed by atoms with E-state index in [0.717, 1.165) is 31.2 Å². The highest BCUT2D eigenvalue weighted by molar-refractivity contribution is 5.77. The van der Waals surface area contributed by atoms with Crippen LogP contribution >= 0.6 is 0 Å². The van der Waals surface area contributed by atoms with Gasteiger partial charge in [-0.1, -0.05) is 43.5 Å². The molecule has 1 saturated carbocycles. The molecular weight excluding hydrogens is 389 g/mol. The van der Waals surface area contributed by atoms with Crippen LogP contribution in [0, 0.1) is 5.82 Å². The summed E-state index contributed by atoms with van der Waals surface area (Å²) in [5.41, 5.74) is 0.798. The molecule has 1 aliphatic heterocycles. The van der Waals surface area contributed by atoms with E-state index in [9.17, 15) is 19.1 Å². The van der Waals surface area contributed by atoms with Crippen molar-refractivity contribution in [1.82, 2.24) is 16.0 Å². The Hall–Kier alpha value is -2.45. The van der Waals surface area contributed by atoms with E-state index in [2.05, 4.69) is 16.0 Å². The minimum absolute atomic E-state index is 0.0924. The number of benzene rings is 1. The van der Waals surface area contributed by atoms with Crippen molar-refractivity contribution in [1.29, 1.82) is 0 Å². The molecule has 164 valence electrons. The molecule has 0 spiro atoms. The van der Waals surface area contributed by atoms with Gasteiger partial charge in [-0.25, -0.2) is 9.18 Å². The van der Waals surface area contributed by atoms with Gasteiger partial charge in [0.05, 0.1) is 25.2 Å². The summed E-state index contributed by atoms with van der Waals surface area (Å²) in [7, 11) is 0. The summed E-state index contributed by atoms with van der Waals surface area (Å²) in [4.78, 5) is 24.4. The Bertz CT molecular complexity index is 734. The van der Waals surface area contributed by atoms with Crippen LogP contribution < -0.4 is 16.0 Å². The monoisotopic (exact) mass is 419 g/mol. The molecule has 1 aliphatic carbocycles. The van der Waals surface area contributed by atoms with E-state index >= 15 is 0 Å². The number of hydrogen-bond donors (Lipinski definition) is 4. The van der Waals surface area contributed by atoms with Gasteiger partial charge in [-0.2, -0.15) is 0 Å². The van der Waals surface area contributed by atoms with Gasteiger partial charge in [-0.15, -0.1) is 0 Å². The zero-order valence-corrected chi connectivity index (χ0v) is 17.0. The Morgan fingerprint density at radius 3 is 2.50 bits per heavy atom. The molecule has 0 saturated heterocycles. The van der Waals surface area contributed by atoms with E-state index in [1.807, 2.05) is 0 Å². The third-order valence-electron chi connectivity index (χ3n) is 5.49. The lowest BCUT2D eigenvalue weighted by molar-refractivity contribution is -0.125. The van der Waals surface area contributed by atoms with Gasteiger partial charge >= 0.3 is 6.03 Å². The van der Waals surface area contributed by atoms with Crippen LogP contribution in [0.15, 0.2) is 36.4 Å². The summed E-state index contributed by atoms with van der Waals surface area (Å²) in [5.74, 6) is -0.538. The zero-order chi connectivity index (χ0) is 21.3. The Balaban J connectivity index is 1.44. The summed E-state index contributed by atoms with van der Waals surface area (Å²) in [6, 6.07) is 5.38. The second kappa shape index (κ2) is 11.1. The number of carbonyl (C=O) groups excluding carboxylic acids is 2. The fraction of sp³-hybridized carbons (Fsp3) is 0.545. The fourth-order valence-electron chi connectivity index (χ4n) is 3.82. The van der Waals surface area contributed by atoms with E-state index in [4.69, 9.17) is 4.74 Å². The molecule has 0 aromatic heterocycles. The third-order valence-corrected chi connectivity index (χ3v) is 5.49.